The number of halogens is 1. The minimum absolute atomic E-state index is 0. The van der Waals surface area contributed by atoms with Crippen LogP contribution in [-0.2, 0) is 0 Å². The molecule has 0 saturated carbocycles. The molecule has 7 heteroatoms. The van der Waals surface area contributed by atoms with Gasteiger partial charge in [0.15, 0.2) is 0 Å². The average Bonchev–Trinajstić information content (AvgIpc) is 2.56. The van der Waals surface area contributed by atoms with Crippen LogP contribution in [0.25, 0.3) is 10.9 Å². The molecule has 0 aliphatic heterocycles. The summed E-state index contributed by atoms with van der Waals surface area (Å²) in [5.74, 6) is 0.762. The van der Waals surface area contributed by atoms with Crippen LogP contribution in [0.4, 0.5) is 17.1 Å². The highest BCUT2D eigenvalue weighted by Crippen LogP contribution is 2.30. The minimum Gasteiger partial charge on any atom is -1.00 e. The Kier molecular flexibility index (Phi) is 5.77. The number of nitrogens with zero attached hydrogens (tertiary/aromatic N) is 2. The summed E-state index contributed by atoms with van der Waals surface area (Å²) in [5.41, 5.74) is 3.23. The van der Waals surface area contributed by atoms with Crippen LogP contribution in [0.1, 0.15) is 12.6 Å². The average molecular weight is 359 g/mol. The Morgan fingerprint density at radius 2 is 2.00 bits per heavy atom. The Labute approximate surface area is 151 Å². The molecule has 2 aromatic carbocycles. The third-order valence-corrected chi connectivity index (χ3v) is 3.56. The van der Waals surface area contributed by atoms with Gasteiger partial charge >= 0.3 is 0 Å². The molecule has 3 aromatic rings. The fourth-order valence-corrected chi connectivity index (χ4v) is 2.55. The second-order valence-corrected chi connectivity index (χ2v) is 5.36. The number of benzene rings is 2. The lowest BCUT2D eigenvalue weighted by Gasteiger charge is -2.12. The predicted octanol–water partition coefficient (Wildman–Crippen LogP) is 1.60. The summed E-state index contributed by atoms with van der Waals surface area (Å²) in [5, 5.41) is 15.1. The lowest BCUT2D eigenvalue weighted by atomic mass is 10.1. The van der Waals surface area contributed by atoms with E-state index in [0.29, 0.717) is 12.3 Å². The number of pyridine rings is 1. The van der Waals surface area contributed by atoms with E-state index < -0.39 is 4.92 Å². The first-order valence-electron chi connectivity index (χ1n) is 7.62. The molecule has 130 valence electrons. The maximum absolute atomic E-state index is 10.9. The lowest BCUT2D eigenvalue weighted by molar-refractivity contribution is -0.384. The molecule has 0 atom stereocenters. The van der Waals surface area contributed by atoms with Crippen molar-refractivity contribution >= 4 is 28.0 Å². The number of ether oxygens (including phenoxy) is 1. The maximum atomic E-state index is 10.9. The van der Waals surface area contributed by atoms with Crippen LogP contribution < -0.4 is 22.5 Å². The smallest absolute Gasteiger partial charge is 0.271 e. The van der Waals surface area contributed by atoms with Crippen LogP contribution in [0, 0.1) is 17.0 Å². The highest BCUT2D eigenvalue weighted by Gasteiger charge is 2.09. The summed E-state index contributed by atoms with van der Waals surface area (Å²) in [6.07, 6.45) is 0. The molecule has 0 bridgehead atoms. The van der Waals surface area contributed by atoms with Gasteiger partial charge in [-0.2, -0.15) is 0 Å². The summed E-state index contributed by atoms with van der Waals surface area (Å²) < 4.78 is 5.56. The van der Waals surface area contributed by atoms with Gasteiger partial charge in [0.2, 0.25) is 0 Å². The van der Waals surface area contributed by atoms with Crippen LogP contribution in [0.3, 0.4) is 0 Å². The van der Waals surface area contributed by atoms with E-state index >= 15 is 0 Å². The number of nitrogens with one attached hydrogen (secondary N) is 1. The molecule has 6 nitrogen and oxygen atoms in total. The van der Waals surface area contributed by atoms with Crippen molar-refractivity contribution in [3.05, 3.63) is 64.3 Å². The molecule has 3 rings (SSSR count). The Hall–Kier alpha value is -2.86. The Balaban J connectivity index is 0.00000225. The molecule has 0 unspecified atom stereocenters. The summed E-state index contributed by atoms with van der Waals surface area (Å²) >= 11 is 0. The van der Waals surface area contributed by atoms with E-state index in [-0.39, 0.29) is 18.1 Å². The van der Waals surface area contributed by atoms with Gasteiger partial charge in [-0.15, -0.1) is 0 Å². The lowest BCUT2D eigenvalue weighted by Crippen LogP contribution is -3.00. The second kappa shape index (κ2) is 7.81. The SMILES string of the molecule is CCOc1ccc2nc(C)cc(Nc3cccc([N+](=O)[O-])c3)c2c1.[Cl-]. The Morgan fingerprint density at radius 3 is 2.72 bits per heavy atom. The molecule has 0 amide bonds. The molecule has 0 spiro atoms. The van der Waals surface area contributed by atoms with Gasteiger partial charge in [-0.1, -0.05) is 6.07 Å². The molecule has 25 heavy (non-hydrogen) atoms. The van der Waals surface area contributed by atoms with Gasteiger partial charge < -0.3 is 22.5 Å². The van der Waals surface area contributed by atoms with Crippen molar-refractivity contribution in [2.75, 3.05) is 11.9 Å². The number of non-ortho nitro benzene ring substituents is 1. The van der Waals surface area contributed by atoms with Gasteiger partial charge in [-0.25, -0.2) is 0 Å². The minimum atomic E-state index is -0.408. The third kappa shape index (κ3) is 4.16. The first kappa shape index (κ1) is 18.5. The van der Waals surface area contributed by atoms with E-state index in [2.05, 4.69) is 10.3 Å². The summed E-state index contributed by atoms with van der Waals surface area (Å²) in [7, 11) is 0. The number of nitro benzene ring substituents is 1. The summed E-state index contributed by atoms with van der Waals surface area (Å²) in [6, 6.07) is 14.1. The van der Waals surface area contributed by atoms with Gasteiger partial charge in [0.05, 0.1) is 17.0 Å². The van der Waals surface area contributed by atoms with Crippen molar-refractivity contribution in [1.29, 1.82) is 0 Å². The normalized spacial score (nSPS) is 10.2. The quantitative estimate of drug-likeness (QED) is 0.553. The Bertz CT molecular complexity index is 915. The van der Waals surface area contributed by atoms with E-state index in [1.807, 2.05) is 38.1 Å². The van der Waals surface area contributed by atoms with Gasteiger partial charge in [0.25, 0.3) is 5.69 Å². The maximum Gasteiger partial charge on any atom is 0.271 e. The predicted molar refractivity (Wildman–Crippen MR) is 94.0 cm³/mol. The molecular formula is C18H17ClN3O3-. The third-order valence-electron chi connectivity index (χ3n) is 3.56. The Morgan fingerprint density at radius 1 is 1.20 bits per heavy atom. The van der Waals surface area contributed by atoms with Crippen molar-refractivity contribution < 1.29 is 22.1 Å². The molecule has 1 aromatic heterocycles. The van der Waals surface area contributed by atoms with E-state index in [1.54, 1.807) is 12.1 Å². The zero-order chi connectivity index (χ0) is 17.1. The zero-order valence-electron chi connectivity index (χ0n) is 13.8. The topological polar surface area (TPSA) is 77.3 Å². The molecule has 0 saturated heterocycles. The number of nitro groups is 1. The number of rotatable bonds is 5. The standard InChI is InChI=1S/C18H17N3O3.ClH/c1-3-24-15-7-8-17-16(11-15)18(9-12(2)19-17)20-13-5-4-6-14(10-13)21(22)23;/h4-11H,3H2,1-2H3,(H,19,20);1H/p-1. The fourth-order valence-electron chi connectivity index (χ4n) is 2.55. The van der Waals surface area contributed by atoms with Crippen LogP contribution >= 0.6 is 0 Å². The van der Waals surface area contributed by atoms with Crippen molar-refractivity contribution in [2.24, 2.45) is 0 Å². The van der Waals surface area contributed by atoms with Crippen LogP contribution in [0.2, 0.25) is 0 Å². The molecule has 0 aliphatic rings. The zero-order valence-corrected chi connectivity index (χ0v) is 14.6. The molecule has 0 aliphatic carbocycles. The van der Waals surface area contributed by atoms with Crippen molar-refractivity contribution in [1.82, 2.24) is 4.98 Å². The van der Waals surface area contributed by atoms with E-state index in [4.69, 9.17) is 4.74 Å². The fraction of sp³-hybridized carbons (Fsp3) is 0.167. The van der Waals surface area contributed by atoms with Crippen molar-refractivity contribution in [3.8, 4) is 5.75 Å². The molecule has 1 N–H and O–H groups in total. The number of hydrogen-bond acceptors (Lipinski definition) is 5. The number of aromatic nitrogens is 1. The number of hydrogen-bond donors (Lipinski definition) is 1. The van der Waals surface area contributed by atoms with Gasteiger partial charge in [-0.3, -0.25) is 15.1 Å². The summed E-state index contributed by atoms with van der Waals surface area (Å²) in [6.45, 7) is 4.42. The van der Waals surface area contributed by atoms with Crippen molar-refractivity contribution in [3.63, 3.8) is 0 Å². The van der Waals surface area contributed by atoms with Crippen LogP contribution in [-0.4, -0.2) is 16.5 Å². The highest BCUT2D eigenvalue weighted by atomic mass is 35.5. The molecule has 0 radical (unpaired) electrons. The van der Waals surface area contributed by atoms with Gasteiger partial charge in [0.1, 0.15) is 5.75 Å². The van der Waals surface area contributed by atoms with E-state index in [0.717, 1.165) is 28.0 Å². The highest BCUT2D eigenvalue weighted by molar-refractivity contribution is 5.94. The molecular weight excluding hydrogens is 342 g/mol. The number of fused-ring (bicyclic) bond motifs is 1. The molecule has 1 heterocycles. The van der Waals surface area contributed by atoms with Crippen LogP contribution in [0.5, 0.6) is 5.75 Å². The number of aryl methyl sites for hydroxylation is 1. The van der Waals surface area contributed by atoms with Gasteiger partial charge in [0, 0.05) is 34.6 Å². The van der Waals surface area contributed by atoms with E-state index in [1.165, 1.54) is 12.1 Å². The monoisotopic (exact) mass is 358 g/mol. The largest absolute Gasteiger partial charge is 1.00 e. The van der Waals surface area contributed by atoms with E-state index in [9.17, 15) is 10.1 Å². The van der Waals surface area contributed by atoms with Crippen molar-refractivity contribution in [2.45, 2.75) is 13.8 Å². The first-order chi connectivity index (χ1) is 11.6. The second-order valence-electron chi connectivity index (χ2n) is 5.36. The first-order valence-corrected chi connectivity index (χ1v) is 7.62. The molecule has 0 fully saturated rings. The van der Waals surface area contributed by atoms with Crippen LogP contribution in [0.15, 0.2) is 48.5 Å². The number of anilines is 2. The van der Waals surface area contributed by atoms with Gasteiger partial charge in [-0.05, 0) is 44.2 Å². The summed E-state index contributed by atoms with van der Waals surface area (Å²) in [4.78, 5) is 15.1.